The highest BCUT2D eigenvalue weighted by Crippen LogP contribution is 2.34. The van der Waals surface area contributed by atoms with Crippen LogP contribution in [0.3, 0.4) is 0 Å². The molecule has 104 valence electrons. The molecule has 0 bridgehead atoms. The Balaban J connectivity index is 2.46. The fraction of sp³-hybridized carbons (Fsp3) is 0.200. The van der Waals surface area contributed by atoms with Crippen molar-refractivity contribution in [1.82, 2.24) is 4.98 Å². The first-order valence-corrected chi connectivity index (χ1v) is 7.10. The molecule has 0 saturated carbocycles. The van der Waals surface area contributed by atoms with Gasteiger partial charge in [-0.25, -0.2) is 0 Å². The molecule has 0 radical (unpaired) electrons. The van der Waals surface area contributed by atoms with E-state index in [9.17, 15) is 4.79 Å². The van der Waals surface area contributed by atoms with E-state index in [-0.39, 0.29) is 0 Å². The molecule has 2 nitrogen and oxygen atoms in total. The Bertz CT molecular complexity index is 610. The van der Waals surface area contributed by atoms with E-state index < -0.39 is 10.7 Å². The third-order valence-electron chi connectivity index (χ3n) is 3.21. The number of pyridine rings is 1. The van der Waals surface area contributed by atoms with Gasteiger partial charge in [-0.1, -0.05) is 29.3 Å². The molecule has 1 heterocycles. The smallest absolute Gasteiger partial charge is 0.232 e. The first-order chi connectivity index (χ1) is 9.41. The van der Waals surface area contributed by atoms with Crippen LogP contribution in [0.25, 0.3) is 0 Å². The number of hydrogen-bond donors (Lipinski definition) is 0. The second-order valence-corrected chi connectivity index (χ2v) is 6.02. The lowest BCUT2D eigenvalue weighted by Crippen LogP contribution is -2.32. The normalized spacial score (nSPS) is 13.8. The van der Waals surface area contributed by atoms with Crippen molar-refractivity contribution in [3.05, 3.63) is 63.9 Å². The number of nitrogens with zero attached hydrogens (tertiary/aromatic N) is 1. The molecule has 20 heavy (non-hydrogen) atoms. The Morgan fingerprint density at radius 3 is 2.40 bits per heavy atom. The fourth-order valence-corrected chi connectivity index (χ4v) is 2.77. The van der Waals surface area contributed by atoms with Crippen LogP contribution in [0.15, 0.2) is 42.7 Å². The maximum absolute atomic E-state index is 12.0. The third kappa shape index (κ3) is 3.32. The van der Waals surface area contributed by atoms with Gasteiger partial charge in [-0.3, -0.25) is 9.78 Å². The van der Waals surface area contributed by atoms with Crippen molar-refractivity contribution in [3.63, 3.8) is 0 Å². The maximum Gasteiger partial charge on any atom is 0.232 e. The maximum atomic E-state index is 12.0. The molecular formula is C15H12Cl3NO. The van der Waals surface area contributed by atoms with Gasteiger partial charge in [-0.2, -0.15) is 0 Å². The van der Waals surface area contributed by atoms with Crippen LogP contribution >= 0.6 is 34.8 Å². The lowest BCUT2D eigenvalue weighted by atomic mass is 9.78. The largest absolute Gasteiger partial charge is 0.280 e. The first kappa shape index (κ1) is 15.3. The van der Waals surface area contributed by atoms with Crippen molar-refractivity contribution < 1.29 is 4.79 Å². The molecule has 0 amide bonds. The van der Waals surface area contributed by atoms with Gasteiger partial charge in [0, 0.05) is 22.4 Å². The standard InChI is InChI=1S/C15H12Cl3NO/c1-15(14(18)20,8-10-3-2-4-19-9-10)11-5-12(16)7-13(17)6-11/h2-7,9H,8H2,1H3. The summed E-state index contributed by atoms with van der Waals surface area (Å²) in [7, 11) is 0. The molecule has 1 unspecified atom stereocenters. The molecule has 0 saturated heterocycles. The van der Waals surface area contributed by atoms with Crippen molar-refractivity contribution in [2.75, 3.05) is 0 Å². The number of benzene rings is 1. The summed E-state index contributed by atoms with van der Waals surface area (Å²) in [5, 5.41) is 0.491. The molecule has 0 fully saturated rings. The minimum Gasteiger partial charge on any atom is -0.280 e. The molecule has 0 aliphatic heterocycles. The number of halogens is 3. The van der Waals surface area contributed by atoms with Gasteiger partial charge < -0.3 is 0 Å². The molecular weight excluding hydrogens is 317 g/mol. The summed E-state index contributed by atoms with van der Waals surface area (Å²) in [6.45, 7) is 1.78. The Kier molecular flexibility index (Phi) is 4.69. The number of carbonyl (C=O) groups excluding carboxylic acids is 1. The van der Waals surface area contributed by atoms with E-state index in [1.807, 2.05) is 12.1 Å². The van der Waals surface area contributed by atoms with E-state index in [0.717, 1.165) is 5.56 Å². The average Bonchev–Trinajstić information content (AvgIpc) is 2.38. The monoisotopic (exact) mass is 327 g/mol. The minimum absolute atomic E-state index is 0.430. The summed E-state index contributed by atoms with van der Waals surface area (Å²) >= 11 is 17.9. The van der Waals surface area contributed by atoms with Crippen LogP contribution in [-0.2, 0) is 16.6 Å². The Hall–Kier alpha value is -1.09. The van der Waals surface area contributed by atoms with Gasteiger partial charge in [0.15, 0.2) is 0 Å². The van der Waals surface area contributed by atoms with E-state index in [0.29, 0.717) is 22.0 Å². The van der Waals surface area contributed by atoms with Gasteiger partial charge in [0.2, 0.25) is 5.24 Å². The van der Waals surface area contributed by atoms with Gasteiger partial charge in [-0.05, 0) is 60.3 Å². The van der Waals surface area contributed by atoms with E-state index in [1.54, 1.807) is 37.5 Å². The molecule has 1 aromatic carbocycles. The SMILES string of the molecule is CC(Cc1cccnc1)(C(=O)Cl)c1cc(Cl)cc(Cl)c1. The van der Waals surface area contributed by atoms with Crippen LogP contribution in [0.4, 0.5) is 0 Å². The van der Waals surface area contributed by atoms with E-state index in [4.69, 9.17) is 34.8 Å². The van der Waals surface area contributed by atoms with Gasteiger partial charge in [0.1, 0.15) is 0 Å². The van der Waals surface area contributed by atoms with Crippen molar-refractivity contribution in [3.8, 4) is 0 Å². The number of hydrogen-bond acceptors (Lipinski definition) is 2. The second-order valence-electron chi connectivity index (χ2n) is 4.80. The highest BCUT2D eigenvalue weighted by molar-refractivity contribution is 6.65. The fourth-order valence-electron chi connectivity index (χ4n) is 2.07. The van der Waals surface area contributed by atoms with Crippen LogP contribution in [-0.4, -0.2) is 10.2 Å². The topological polar surface area (TPSA) is 30.0 Å². The Morgan fingerprint density at radius 1 is 1.25 bits per heavy atom. The zero-order valence-electron chi connectivity index (χ0n) is 10.7. The quantitative estimate of drug-likeness (QED) is 0.764. The number of rotatable bonds is 4. The summed E-state index contributed by atoms with van der Waals surface area (Å²) in [4.78, 5) is 16.0. The molecule has 0 aliphatic rings. The highest BCUT2D eigenvalue weighted by Gasteiger charge is 2.34. The lowest BCUT2D eigenvalue weighted by molar-refractivity contribution is -0.116. The summed E-state index contributed by atoms with van der Waals surface area (Å²) in [6.07, 6.45) is 3.82. The summed E-state index contributed by atoms with van der Waals surface area (Å²) in [5.41, 5.74) is 0.706. The van der Waals surface area contributed by atoms with E-state index >= 15 is 0 Å². The molecule has 2 aromatic rings. The Morgan fingerprint density at radius 2 is 1.90 bits per heavy atom. The second kappa shape index (κ2) is 6.13. The molecule has 0 N–H and O–H groups in total. The van der Waals surface area contributed by atoms with Crippen molar-refractivity contribution in [2.24, 2.45) is 0 Å². The molecule has 0 aliphatic carbocycles. The van der Waals surface area contributed by atoms with E-state index in [1.165, 1.54) is 0 Å². The summed E-state index contributed by atoms with van der Waals surface area (Å²) < 4.78 is 0. The van der Waals surface area contributed by atoms with Crippen LogP contribution in [0.2, 0.25) is 10.0 Å². The zero-order valence-corrected chi connectivity index (χ0v) is 13.0. The van der Waals surface area contributed by atoms with Crippen LogP contribution < -0.4 is 0 Å². The summed E-state index contributed by atoms with van der Waals surface area (Å²) in [5.74, 6) is 0. The van der Waals surface area contributed by atoms with Crippen LogP contribution in [0.5, 0.6) is 0 Å². The van der Waals surface area contributed by atoms with Crippen molar-refractivity contribution >= 4 is 40.0 Å². The first-order valence-electron chi connectivity index (χ1n) is 5.97. The average molecular weight is 329 g/mol. The van der Waals surface area contributed by atoms with Crippen molar-refractivity contribution in [2.45, 2.75) is 18.8 Å². The van der Waals surface area contributed by atoms with Crippen LogP contribution in [0.1, 0.15) is 18.1 Å². The van der Waals surface area contributed by atoms with Crippen molar-refractivity contribution in [1.29, 1.82) is 0 Å². The molecule has 0 spiro atoms. The molecule has 1 atom stereocenters. The molecule has 2 rings (SSSR count). The van der Waals surface area contributed by atoms with E-state index in [2.05, 4.69) is 4.98 Å². The minimum atomic E-state index is -0.904. The number of aromatic nitrogens is 1. The zero-order chi connectivity index (χ0) is 14.8. The predicted octanol–water partition coefficient (Wildman–Crippen LogP) is 4.65. The Labute approximate surface area is 132 Å². The lowest BCUT2D eigenvalue weighted by Gasteiger charge is -2.26. The van der Waals surface area contributed by atoms with Gasteiger partial charge in [-0.15, -0.1) is 0 Å². The van der Waals surface area contributed by atoms with Gasteiger partial charge >= 0.3 is 0 Å². The van der Waals surface area contributed by atoms with Crippen LogP contribution in [0, 0.1) is 0 Å². The van der Waals surface area contributed by atoms with Gasteiger partial charge in [0.05, 0.1) is 5.41 Å². The molecule has 1 aromatic heterocycles. The highest BCUT2D eigenvalue weighted by atomic mass is 35.5. The van der Waals surface area contributed by atoms with Gasteiger partial charge in [0.25, 0.3) is 0 Å². The third-order valence-corrected chi connectivity index (χ3v) is 4.07. The predicted molar refractivity (Wildman–Crippen MR) is 82.6 cm³/mol. The summed E-state index contributed by atoms with van der Waals surface area (Å²) in [6, 6.07) is 8.76. The molecule has 5 heteroatoms. The number of carbonyl (C=O) groups is 1.